The maximum Gasteiger partial charge on any atom is 0.337 e. The molecule has 0 spiro atoms. The highest BCUT2D eigenvalue weighted by Gasteiger charge is 2.28. The van der Waals surface area contributed by atoms with Gasteiger partial charge in [0.2, 0.25) is 5.91 Å². The van der Waals surface area contributed by atoms with E-state index in [0.717, 1.165) is 19.4 Å². The zero-order chi connectivity index (χ0) is 17.8. The lowest BCUT2D eigenvalue weighted by Crippen LogP contribution is -2.33. The van der Waals surface area contributed by atoms with Crippen LogP contribution >= 0.6 is 0 Å². The summed E-state index contributed by atoms with van der Waals surface area (Å²) in [5.41, 5.74) is 2.38. The van der Waals surface area contributed by atoms with Crippen molar-refractivity contribution in [1.82, 2.24) is 9.47 Å². The van der Waals surface area contributed by atoms with Crippen LogP contribution in [0, 0.1) is 0 Å². The standard InChI is InChI=1S/C19H23N3O3/c1-21-11-3-5-16(21)17-6-4-12-22(17)13-18(23)20-15-9-7-14(8-10-15)19(24)25-2/h3,5,7-11,17H,4,6,12-13H2,1-2H3,(H,20,23)/t17-/m1/s1. The molecule has 6 nitrogen and oxygen atoms in total. The number of esters is 1. The molecule has 3 rings (SSSR count). The molecule has 1 N–H and O–H groups in total. The second-order valence-corrected chi connectivity index (χ2v) is 6.29. The number of carbonyl (C=O) groups excluding carboxylic acids is 2. The lowest BCUT2D eigenvalue weighted by Gasteiger charge is -2.24. The third-order valence-electron chi connectivity index (χ3n) is 4.63. The first-order chi connectivity index (χ1) is 12.1. The molecule has 1 fully saturated rings. The molecule has 0 bridgehead atoms. The largest absolute Gasteiger partial charge is 0.465 e. The van der Waals surface area contributed by atoms with Gasteiger partial charge in [0.1, 0.15) is 0 Å². The molecule has 2 aromatic rings. The van der Waals surface area contributed by atoms with E-state index in [1.54, 1.807) is 24.3 Å². The van der Waals surface area contributed by atoms with Gasteiger partial charge in [-0.3, -0.25) is 9.69 Å². The third-order valence-corrected chi connectivity index (χ3v) is 4.63. The Hall–Kier alpha value is -2.60. The molecular formula is C19H23N3O3. The molecule has 132 valence electrons. The molecule has 1 saturated heterocycles. The number of aryl methyl sites for hydroxylation is 1. The number of amides is 1. The highest BCUT2D eigenvalue weighted by molar-refractivity contribution is 5.94. The SMILES string of the molecule is COC(=O)c1ccc(NC(=O)CN2CCC[C@@H]2c2cccn2C)cc1. The van der Waals surface area contributed by atoms with Crippen molar-refractivity contribution in [3.05, 3.63) is 53.9 Å². The van der Waals surface area contributed by atoms with Gasteiger partial charge in [-0.15, -0.1) is 0 Å². The summed E-state index contributed by atoms with van der Waals surface area (Å²) in [4.78, 5) is 26.0. The molecule has 25 heavy (non-hydrogen) atoms. The van der Waals surface area contributed by atoms with Crippen LogP contribution in [0.2, 0.25) is 0 Å². The number of aromatic nitrogens is 1. The van der Waals surface area contributed by atoms with Crippen molar-refractivity contribution >= 4 is 17.6 Å². The topological polar surface area (TPSA) is 63.6 Å². The summed E-state index contributed by atoms with van der Waals surface area (Å²) in [7, 11) is 3.38. The summed E-state index contributed by atoms with van der Waals surface area (Å²) in [6.07, 6.45) is 4.20. The van der Waals surface area contributed by atoms with E-state index in [-0.39, 0.29) is 17.9 Å². The van der Waals surface area contributed by atoms with Gasteiger partial charge in [-0.05, 0) is 55.8 Å². The molecule has 6 heteroatoms. The molecule has 0 unspecified atom stereocenters. The van der Waals surface area contributed by atoms with E-state index >= 15 is 0 Å². The fourth-order valence-electron chi connectivity index (χ4n) is 3.36. The van der Waals surface area contributed by atoms with Gasteiger partial charge in [0, 0.05) is 24.6 Å². The average Bonchev–Trinajstić information content (AvgIpc) is 3.23. The van der Waals surface area contributed by atoms with Crippen molar-refractivity contribution in [3.63, 3.8) is 0 Å². The van der Waals surface area contributed by atoms with Gasteiger partial charge in [-0.1, -0.05) is 0 Å². The zero-order valence-electron chi connectivity index (χ0n) is 14.6. The molecule has 1 aromatic heterocycles. The fourth-order valence-corrected chi connectivity index (χ4v) is 3.36. The van der Waals surface area contributed by atoms with Crippen LogP contribution in [0.15, 0.2) is 42.6 Å². The Labute approximate surface area is 147 Å². The molecule has 0 aliphatic carbocycles. The number of rotatable bonds is 5. The number of ether oxygens (including phenoxy) is 1. The number of likely N-dealkylation sites (tertiary alicyclic amines) is 1. The Bertz CT molecular complexity index is 752. The quantitative estimate of drug-likeness (QED) is 0.849. The summed E-state index contributed by atoms with van der Waals surface area (Å²) < 4.78 is 6.79. The third kappa shape index (κ3) is 3.91. The Morgan fingerprint density at radius 1 is 1.24 bits per heavy atom. The Morgan fingerprint density at radius 2 is 2.00 bits per heavy atom. The van der Waals surface area contributed by atoms with Gasteiger partial charge < -0.3 is 14.6 Å². The van der Waals surface area contributed by atoms with Gasteiger partial charge >= 0.3 is 5.97 Å². The van der Waals surface area contributed by atoms with E-state index in [4.69, 9.17) is 0 Å². The molecule has 2 heterocycles. The first-order valence-corrected chi connectivity index (χ1v) is 8.42. The van der Waals surface area contributed by atoms with Gasteiger partial charge in [0.05, 0.1) is 25.3 Å². The number of hydrogen-bond donors (Lipinski definition) is 1. The monoisotopic (exact) mass is 341 g/mol. The smallest absolute Gasteiger partial charge is 0.337 e. The number of benzene rings is 1. The van der Waals surface area contributed by atoms with E-state index in [2.05, 4.69) is 25.6 Å². The molecule has 0 saturated carbocycles. The minimum Gasteiger partial charge on any atom is -0.465 e. The Morgan fingerprint density at radius 3 is 2.64 bits per heavy atom. The highest BCUT2D eigenvalue weighted by atomic mass is 16.5. The maximum atomic E-state index is 12.4. The maximum absolute atomic E-state index is 12.4. The summed E-state index contributed by atoms with van der Waals surface area (Å²) >= 11 is 0. The number of hydrogen-bond acceptors (Lipinski definition) is 4. The molecule has 1 aliphatic heterocycles. The fraction of sp³-hybridized carbons (Fsp3) is 0.368. The van der Waals surface area contributed by atoms with Crippen molar-refractivity contribution < 1.29 is 14.3 Å². The van der Waals surface area contributed by atoms with Crippen LogP contribution in [0.25, 0.3) is 0 Å². The van der Waals surface area contributed by atoms with Gasteiger partial charge in [-0.2, -0.15) is 0 Å². The van der Waals surface area contributed by atoms with Crippen LogP contribution in [0.5, 0.6) is 0 Å². The van der Waals surface area contributed by atoms with Crippen molar-refractivity contribution in [1.29, 1.82) is 0 Å². The predicted molar refractivity (Wildman–Crippen MR) is 95.4 cm³/mol. The van der Waals surface area contributed by atoms with Crippen LogP contribution < -0.4 is 5.32 Å². The average molecular weight is 341 g/mol. The van der Waals surface area contributed by atoms with E-state index < -0.39 is 0 Å². The van der Waals surface area contributed by atoms with E-state index in [1.807, 2.05) is 19.3 Å². The summed E-state index contributed by atoms with van der Waals surface area (Å²) in [6.45, 7) is 1.28. The number of nitrogens with zero attached hydrogens (tertiary/aromatic N) is 2. The van der Waals surface area contributed by atoms with Crippen LogP contribution in [0.3, 0.4) is 0 Å². The van der Waals surface area contributed by atoms with Crippen molar-refractivity contribution in [2.45, 2.75) is 18.9 Å². The van der Waals surface area contributed by atoms with Crippen LogP contribution in [0.4, 0.5) is 5.69 Å². The van der Waals surface area contributed by atoms with Crippen LogP contribution in [-0.4, -0.2) is 41.5 Å². The Balaban J connectivity index is 1.60. The first kappa shape index (κ1) is 17.2. The number of nitrogens with one attached hydrogen (secondary N) is 1. The number of carbonyl (C=O) groups is 2. The number of anilines is 1. The van der Waals surface area contributed by atoms with Gasteiger partial charge in [-0.25, -0.2) is 4.79 Å². The van der Waals surface area contributed by atoms with E-state index in [1.165, 1.54) is 12.8 Å². The minimum absolute atomic E-state index is 0.0491. The van der Waals surface area contributed by atoms with Gasteiger partial charge in [0.25, 0.3) is 0 Å². The summed E-state index contributed by atoms with van der Waals surface area (Å²) in [6, 6.07) is 11.1. The van der Waals surface area contributed by atoms with E-state index in [9.17, 15) is 9.59 Å². The predicted octanol–water partition coefficient (Wildman–Crippen LogP) is 2.59. The zero-order valence-corrected chi connectivity index (χ0v) is 14.6. The lowest BCUT2D eigenvalue weighted by atomic mass is 10.1. The second-order valence-electron chi connectivity index (χ2n) is 6.29. The normalized spacial score (nSPS) is 17.4. The second kappa shape index (κ2) is 7.53. The van der Waals surface area contributed by atoms with Crippen molar-refractivity contribution in [2.24, 2.45) is 7.05 Å². The summed E-state index contributed by atoms with van der Waals surface area (Å²) in [5.74, 6) is -0.438. The lowest BCUT2D eigenvalue weighted by molar-refractivity contribution is -0.117. The molecule has 0 radical (unpaired) electrons. The first-order valence-electron chi connectivity index (χ1n) is 8.42. The molecule has 1 aromatic carbocycles. The molecular weight excluding hydrogens is 318 g/mol. The van der Waals surface area contributed by atoms with Crippen LogP contribution in [-0.2, 0) is 16.6 Å². The molecule has 1 atom stereocenters. The Kier molecular flexibility index (Phi) is 5.19. The van der Waals surface area contributed by atoms with Crippen molar-refractivity contribution in [2.75, 3.05) is 25.5 Å². The summed E-state index contributed by atoms with van der Waals surface area (Å²) in [5, 5.41) is 2.89. The van der Waals surface area contributed by atoms with E-state index in [0.29, 0.717) is 17.8 Å². The van der Waals surface area contributed by atoms with Gasteiger partial charge in [0.15, 0.2) is 0 Å². The highest BCUT2D eigenvalue weighted by Crippen LogP contribution is 2.31. The van der Waals surface area contributed by atoms with Crippen LogP contribution in [0.1, 0.15) is 34.9 Å². The minimum atomic E-state index is -0.389. The molecule has 1 aliphatic rings. The molecule has 1 amide bonds. The number of methoxy groups -OCH3 is 1. The van der Waals surface area contributed by atoms with Crippen molar-refractivity contribution in [3.8, 4) is 0 Å².